The van der Waals surface area contributed by atoms with Crippen molar-refractivity contribution in [2.45, 2.75) is 6.17 Å². The molecule has 1 aliphatic rings. The summed E-state index contributed by atoms with van der Waals surface area (Å²) in [4.78, 5) is 14.7. The van der Waals surface area contributed by atoms with Crippen molar-refractivity contribution in [1.29, 1.82) is 0 Å². The normalized spacial score (nSPS) is 15.9. The van der Waals surface area contributed by atoms with Crippen LogP contribution in [0.25, 0.3) is 0 Å². The van der Waals surface area contributed by atoms with E-state index >= 15 is 0 Å². The number of hydrogen-bond donors (Lipinski definition) is 1. The van der Waals surface area contributed by atoms with Gasteiger partial charge in [-0.25, -0.2) is 0 Å². The second kappa shape index (κ2) is 6.84. The molecule has 0 aromatic heterocycles. The van der Waals surface area contributed by atoms with E-state index in [0.717, 1.165) is 11.3 Å². The number of halogens is 3. The number of fused-ring (bicyclic) bond motifs is 1. The second-order valence-electron chi connectivity index (χ2n) is 5.89. The highest BCUT2D eigenvalue weighted by Gasteiger charge is 2.37. The van der Waals surface area contributed by atoms with Gasteiger partial charge in [0.15, 0.2) is 0 Å². The van der Waals surface area contributed by atoms with Crippen LogP contribution in [-0.4, -0.2) is 5.91 Å². The first-order valence-electron chi connectivity index (χ1n) is 7.95. The van der Waals surface area contributed by atoms with Gasteiger partial charge in [0.25, 0.3) is 5.91 Å². The number of rotatable bonds is 3. The van der Waals surface area contributed by atoms with E-state index < -0.39 is 6.17 Å². The average Bonchev–Trinajstić information content (AvgIpc) is 2.92. The minimum absolute atomic E-state index is 0.0847. The van der Waals surface area contributed by atoms with Crippen LogP contribution in [0, 0.1) is 0 Å². The summed E-state index contributed by atoms with van der Waals surface area (Å²) in [5.41, 5.74) is 2.93. The largest absolute Gasteiger partial charge is 0.360 e. The van der Waals surface area contributed by atoms with Crippen molar-refractivity contribution < 1.29 is 4.79 Å². The van der Waals surface area contributed by atoms with E-state index in [1.54, 1.807) is 23.1 Å². The fraction of sp³-hybridized carbons (Fsp3) is 0.0500. The van der Waals surface area contributed by atoms with E-state index in [4.69, 9.17) is 34.8 Å². The molecule has 0 saturated carbocycles. The molecule has 3 aromatic carbocycles. The Bertz CT molecular complexity index is 989. The summed E-state index contributed by atoms with van der Waals surface area (Å²) in [5.74, 6) is -0.0847. The lowest BCUT2D eigenvalue weighted by Gasteiger charge is -2.27. The van der Waals surface area contributed by atoms with Crippen LogP contribution in [-0.2, 0) is 0 Å². The van der Waals surface area contributed by atoms with Crippen molar-refractivity contribution in [3.8, 4) is 0 Å². The summed E-state index contributed by atoms with van der Waals surface area (Å²) >= 11 is 18.5. The first kappa shape index (κ1) is 17.2. The zero-order valence-corrected chi connectivity index (χ0v) is 15.7. The lowest BCUT2D eigenvalue weighted by atomic mass is 10.1. The maximum atomic E-state index is 13.0. The Labute approximate surface area is 166 Å². The summed E-state index contributed by atoms with van der Waals surface area (Å²) in [6, 6.07) is 20.0. The third kappa shape index (κ3) is 2.92. The number of amides is 1. The zero-order chi connectivity index (χ0) is 18.3. The highest BCUT2D eigenvalue weighted by molar-refractivity contribution is 6.43. The molecule has 1 heterocycles. The lowest BCUT2D eigenvalue weighted by Crippen LogP contribution is -2.32. The molecular formula is C20H13Cl3N2O. The Hall–Kier alpha value is -2.20. The number of carbonyl (C=O) groups is 1. The zero-order valence-electron chi connectivity index (χ0n) is 13.4. The Balaban J connectivity index is 1.81. The van der Waals surface area contributed by atoms with Crippen LogP contribution in [0.4, 0.5) is 11.4 Å². The van der Waals surface area contributed by atoms with E-state index in [2.05, 4.69) is 5.32 Å². The Kier molecular flexibility index (Phi) is 4.53. The monoisotopic (exact) mass is 402 g/mol. The smallest absolute Gasteiger partial charge is 0.260 e. The Morgan fingerprint density at radius 2 is 1.58 bits per heavy atom. The molecule has 1 amide bonds. The molecule has 3 aromatic rings. The van der Waals surface area contributed by atoms with Crippen molar-refractivity contribution in [2.24, 2.45) is 0 Å². The van der Waals surface area contributed by atoms with Crippen molar-refractivity contribution in [1.82, 2.24) is 0 Å². The highest BCUT2D eigenvalue weighted by Crippen LogP contribution is 2.40. The molecule has 0 saturated heterocycles. The molecule has 6 heteroatoms. The maximum absolute atomic E-state index is 13.0. The van der Waals surface area contributed by atoms with Gasteiger partial charge in [-0.2, -0.15) is 0 Å². The van der Waals surface area contributed by atoms with Crippen LogP contribution in [0.15, 0.2) is 66.7 Å². The summed E-state index contributed by atoms with van der Waals surface area (Å²) in [5, 5.41) is 4.84. The predicted octanol–water partition coefficient (Wildman–Crippen LogP) is 6.42. The third-order valence-corrected chi connectivity index (χ3v) is 5.38. The van der Waals surface area contributed by atoms with Crippen molar-refractivity contribution >= 4 is 52.1 Å². The molecule has 130 valence electrons. The molecule has 0 fully saturated rings. The third-order valence-electron chi connectivity index (χ3n) is 4.31. The molecule has 0 radical (unpaired) electrons. The number of benzene rings is 3. The van der Waals surface area contributed by atoms with Gasteiger partial charge in [0.1, 0.15) is 6.17 Å². The molecule has 1 aliphatic heterocycles. The van der Waals surface area contributed by atoms with Crippen LogP contribution in [0.1, 0.15) is 22.1 Å². The first-order chi connectivity index (χ1) is 12.6. The van der Waals surface area contributed by atoms with Gasteiger partial charge in [-0.05, 0) is 42.5 Å². The van der Waals surface area contributed by atoms with Crippen LogP contribution < -0.4 is 10.2 Å². The van der Waals surface area contributed by atoms with Crippen LogP contribution in [0.5, 0.6) is 0 Å². The van der Waals surface area contributed by atoms with Gasteiger partial charge in [-0.3, -0.25) is 9.69 Å². The molecule has 0 unspecified atom stereocenters. The SMILES string of the molecule is O=C1c2ccccc2[C@H](Nc2cccc(Cl)c2Cl)N1c1ccc(Cl)cc1. The molecule has 0 bridgehead atoms. The highest BCUT2D eigenvalue weighted by atomic mass is 35.5. The summed E-state index contributed by atoms with van der Waals surface area (Å²) < 4.78 is 0. The van der Waals surface area contributed by atoms with Gasteiger partial charge in [-0.15, -0.1) is 0 Å². The minimum Gasteiger partial charge on any atom is -0.360 e. The lowest BCUT2D eigenvalue weighted by molar-refractivity contribution is 0.0993. The van der Waals surface area contributed by atoms with Crippen molar-refractivity contribution in [3.63, 3.8) is 0 Å². The molecule has 3 nitrogen and oxygen atoms in total. The van der Waals surface area contributed by atoms with E-state index in [0.29, 0.717) is 26.3 Å². The summed E-state index contributed by atoms with van der Waals surface area (Å²) in [6.07, 6.45) is -0.407. The van der Waals surface area contributed by atoms with Crippen LogP contribution in [0.3, 0.4) is 0 Å². The van der Waals surface area contributed by atoms with Crippen LogP contribution >= 0.6 is 34.8 Å². The number of nitrogens with zero attached hydrogens (tertiary/aromatic N) is 1. The first-order valence-corrected chi connectivity index (χ1v) is 9.08. The molecular weight excluding hydrogens is 391 g/mol. The van der Waals surface area contributed by atoms with E-state index in [9.17, 15) is 4.79 Å². The van der Waals surface area contributed by atoms with Crippen molar-refractivity contribution in [3.05, 3.63) is 92.9 Å². The molecule has 1 atom stereocenters. The molecule has 0 aliphatic carbocycles. The van der Waals surface area contributed by atoms with E-state index in [1.165, 1.54) is 0 Å². The number of hydrogen-bond acceptors (Lipinski definition) is 2. The Morgan fingerprint density at radius 1 is 0.846 bits per heavy atom. The number of anilines is 2. The summed E-state index contributed by atoms with van der Waals surface area (Å²) in [7, 11) is 0. The molecule has 4 rings (SSSR count). The summed E-state index contributed by atoms with van der Waals surface area (Å²) in [6.45, 7) is 0. The van der Waals surface area contributed by atoms with Gasteiger partial charge < -0.3 is 5.32 Å². The molecule has 26 heavy (non-hydrogen) atoms. The van der Waals surface area contributed by atoms with Gasteiger partial charge in [0.05, 0.1) is 15.7 Å². The average molecular weight is 404 g/mol. The standard InChI is InChI=1S/C20H13Cl3N2O/c21-12-8-10-13(11-9-12)25-19(14-4-1-2-5-15(14)20(25)26)24-17-7-3-6-16(22)18(17)23/h1-11,19,24H/t19-/m1/s1. The molecule has 1 N–H and O–H groups in total. The fourth-order valence-electron chi connectivity index (χ4n) is 3.09. The van der Waals surface area contributed by atoms with Crippen molar-refractivity contribution in [2.75, 3.05) is 10.2 Å². The maximum Gasteiger partial charge on any atom is 0.260 e. The quantitative estimate of drug-likeness (QED) is 0.547. The minimum atomic E-state index is -0.407. The number of carbonyl (C=O) groups excluding carboxylic acids is 1. The number of nitrogens with one attached hydrogen (secondary N) is 1. The van der Waals surface area contributed by atoms with Gasteiger partial charge in [0.2, 0.25) is 0 Å². The van der Waals surface area contributed by atoms with E-state index in [-0.39, 0.29) is 5.91 Å². The van der Waals surface area contributed by atoms with E-state index in [1.807, 2.05) is 48.5 Å². The topological polar surface area (TPSA) is 32.3 Å². The predicted molar refractivity (Wildman–Crippen MR) is 108 cm³/mol. The van der Waals surface area contributed by atoms with Crippen LogP contribution in [0.2, 0.25) is 15.1 Å². The van der Waals surface area contributed by atoms with Gasteiger partial charge in [-0.1, -0.05) is 59.1 Å². The Morgan fingerprint density at radius 3 is 2.35 bits per heavy atom. The molecule has 0 spiro atoms. The van der Waals surface area contributed by atoms with Gasteiger partial charge in [0, 0.05) is 21.8 Å². The fourth-order valence-corrected chi connectivity index (χ4v) is 3.57. The van der Waals surface area contributed by atoms with Gasteiger partial charge >= 0.3 is 0 Å². The second-order valence-corrected chi connectivity index (χ2v) is 7.11.